The van der Waals surface area contributed by atoms with Crippen molar-refractivity contribution in [2.75, 3.05) is 40.9 Å². The fourth-order valence-corrected chi connectivity index (χ4v) is 11.6. The molecule has 10 heteroatoms. The first-order valence-electron chi connectivity index (χ1n) is 36.5. The van der Waals surface area contributed by atoms with Crippen molar-refractivity contribution in [3.63, 3.8) is 0 Å². The summed E-state index contributed by atoms with van der Waals surface area (Å²) in [6, 6.07) is -0.848. The molecule has 3 atom stereocenters. The molecule has 0 aromatic rings. The molecule has 0 fully saturated rings. The first kappa shape index (κ1) is 82.0. The van der Waals surface area contributed by atoms with E-state index in [-0.39, 0.29) is 25.1 Å². The minimum Gasteiger partial charge on any atom is -0.456 e. The number of allylic oxidation sites excluding steroid dienone is 7. The van der Waals surface area contributed by atoms with Gasteiger partial charge in [-0.15, -0.1) is 0 Å². The van der Waals surface area contributed by atoms with Crippen LogP contribution in [0.15, 0.2) is 48.6 Å². The Bertz CT molecular complexity index is 1570. The number of quaternary nitrogens is 1. The molecule has 0 radical (unpaired) electrons. The van der Waals surface area contributed by atoms with E-state index in [0.717, 1.165) is 70.6 Å². The number of hydrogen-bond acceptors (Lipinski definition) is 6. The predicted molar refractivity (Wildman–Crippen MR) is 365 cm³/mol. The summed E-state index contributed by atoms with van der Waals surface area (Å²) in [6.07, 6.45) is 81.2. The monoisotopic (exact) mass is 1200 g/mol. The highest BCUT2D eigenvalue weighted by Crippen LogP contribution is 2.43. The largest absolute Gasteiger partial charge is 0.472 e. The number of nitrogens with one attached hydrogen (secondary N) is 1. The molecule has 0 aromatic carbocycles. The van der Waals surface area contributed by atoms with Gasteiger partial charge in [0, 0.05) is 12.8 Å². The summed E-state index contributed by atoms with van der Waals surface area (Å²) in [5.41, 5.74) is 0. The van der Waals surface area contributed by atoms with Crippen molar-refractivity contribution in [3.05, 3.63) is 48.6 Å². The topological polar surface area (TPSA) is 111 Å². The van der Waals surface area contributed by atoms with Crippen molar-refractivity contribution in [1.82, 2.24) is 5.32 Å². The molecule has 0 aliphatic carbocycles. The maximum Gasteiger partial charge on any atom is 0.472 e. The van der Waals surface area contributed by atoms with E-state index in [0.29, 0.717) is 23.9 Å². The van der Waals surface area contributed by atoms with Crippen LogP contribution in [0.5, 0.6) is 0 Å². The van der Waals surface area contributed by atoms with Gasteiger partial charge in [-0.05, 0) is 70.3 Å². The molecule has 1 amide bonds. The molecule has 0 spiro atoms. The predicted octanol–water partition coefficient (Wildman–Crippen LogP) is 23.2. The summed E-state index contributed by atoms with van der Waals surface area (Å²) in [5, 5.41) is 3.08. The normalized spacial score (nSPS) is 13.8. The molecular formula is C74H142N2O7P+. The Kier molecular flexibility index (Phi) is 62.4. The maximum absolute atomic E-state index is 13.6. The molecule has 0 saturated heterocycles. The summed E-state index contributed by atoms with van der Waals surface area (Å²) in [7, 11) is 1.51. The number of nitrogens with zero attached hydrogens (tertiary/aromatic N) is 1. The van der Waals surface area contributed by atoms with Gasteiger partial charge in [-0.2, -0.15) is 0 Å². The van der Waals surface area contributed by atoms with Crippen molar-refractivity contribution < 1.29 is 37.3 Å². The van der Waals surface area contributed by atoms with E-state index in [2.05, 4.69) is 62.5 Å². The zero-order valence-corrected chi connectivity index (χ0v) is 57.6. The molecule has 0 heterocycles. The number of amides is 1. The number of rotatable bonds is 67. The summed E-state index contributed by atoms with van der Waals surface area (Å²) >= 11 is 0. The van der Waals surface area contributed by atoms with Gasteiger partial charge < -0.3 is 19.4 Å². The molecule has 2 N–H and O–H groups in total. The van der Waals surface area contributed by atoms with Gasteiger partial charge in [0.2, 0.25) is 5.91 Å². The van der Waals surface area contributed by atoms with Gasteiger partial charge in [0.05, 0.1) is 33.8 Å². The Labute approximate surface area is 522 Å². The van der Waals surface area contributed by atoms with Crippen molar-refractivity contribution in [2.24, 2.45) is 0 Å². The van der Waals surface area contributed by atoms with Crippen molar-refractivity contribution in [2.45, 2.75) is 373 Å². The molecule has 494 valence electrons. The third kappa shape index (κ3) is 64.4. The standard InChI is InChI=1S/C74H141N2O7P/c1-7-10-13-16-19-22-25-28-30-32-34-36-37-38-39-41-42-44-46-48-51-54-57-60-63-66-73(77)75-71(70-82-84(79,80)81-69-68-76(4,5)6)72(65-62-59-56-53-50-27-24-21-18-15-12-9-3)83-74(78)67-64-61-58-55-52-49-47-45-43-40-35-33-31-29-26-23-20-17-14-11-8-2/h19,22,28,30,34,36,62,65,71-72H,7-18,20-21,23-27,29,31-33,35,37-61,63-64,66-70H2,1-6H3,(H-,75,77,79,80)/p+1/b22-19-,30-28-,36-34-,65-62+. The van der Waals surface area contributed by atoms with Gasteiger partial charge in [0.25, 0.3) is 0 Å². The number of phosphoric acid groups is 1. The number of phosphoric ester groups is 1. The Morgan fingerprint density at radius 3 is 1.11 bits per heavy atom. The number of likely N-dealkylation sites (N-methyl/N-ethyl adjacent to an activating group) is 1. The maximum atomic E-state index is 13.6. The highest BCUT2D eigenvalue weighted by Gasteiger charge is 2.30. The molecule has 0 aromatic heterocycles. The number of ether oxygens (including phenoxy) is 1. The molecule has 3 unspecified atom stereocenters. The quantitative estimate of drug-likeness (QED) is 0.0205. The van der Waals surface area contributed by atoms with Crippen molar-refractivity contribution >= 4 is 19.7 Å². The van der Waals surface area contributed by atoms with Crippen LogP contribution in [0.4, 0.5) is 0 Å². The van der Waals surface area contributed by atoms with Gasteiger partial charge in [0.1, 0.15) is 19.3 Å². The second-order valence-electron chi connectivity index (χ2n) is 26.1. The van der Waals surface area contributed by atoms with Gasteiger partial charge in [-0.3, -0.25) is 18.6 Å². The van der Waals surface area contributed by atoms with E-state index in [9.17, 15) is 19.0 Å². The zero-order chi connectivity index (χ0) is 61.4. The van der Waals surface area contributed by atoms with Crippen LogP contribution in [0.2, 0.25) is 0 Å². The molecular weight excluding hydrogens is 1060 g/mol. The third-order valence-corrected chi connectivity index (χ3v) is 17.5. The molecule has 0 aliphatic rings. The van der Waals surface area contributed by atoms with Crippen LogP contribution in [0, 0.1) is 0 Å². The van der Waals surface area contributed by atoms with Gasteiger partial charge in [-0.25, -0.2) is 4.57 Å². The lowest BCUT2D eigenvalue weighted by Gasteiger charge is -2.27. The third-order valence-electron chi connectivity index (χ3n) is 16.5. The fraction of sp³-hybridized carbons (Fsp3) is 0.865. The highest BCUT2D eigenvalue weighted by molar-refractivity contribution is 7.47. The van der Waals surface area contributed by atoms with Crippen LogP contribution in [-0.2, 0) is 27.9 Å². The smallest absolute Gasteiger partial charge is 0.456 e. The number of esters is 1. The van der Waals surface area contributed by atoms with E-state index in [4.69, 9.17) is 13.8 Å². The van der Waals surface area contributed by atoms with E-state index < -0.39 is 20.0 Å². The van der Waals surface area contributed by atoms with E-state index in [1.807, 2.05) is 33.3 Å². The number of carbonyl (C=O) groups is 2. The molecule has 9 nitrogen and oxygen atoms in total. The van der Waals surface area contributed by atoms with Crippen molar-refractivity contribution in [1.29, 1.82) is 0 Å². The number of carbonyl (C=O) groups excluding carboxylic acids is 2. The van der Waals surface area contributed by atoms with Crippen LogP contribution in [-0.4, -0.2) is 74.3 Å². The van der Waals surface area contributed by atoms with Crippen molar-refractivity contribution in [3.8, 4) is 0 Å². The summed E-state index contributed by atoms with van der Waals surface area (Å²) in [6.45, 7) is 7.04. The number of unbranched alkanes of at least 4 members (excludes halogenated alkanes) is 45. The van der Waals surface area contributed by atoms with E-state index in [1.165, 1.54) is 257 Å². The van der Waals surface area contributed by atoms with Crippen LogP contribution in [0.25, 0.3) is 0 Å². The number of hydrogen-bond donors (Lipinski definition) is 2. The minimum atomic E-state index is -4.45. The van der Waals surface area contributed by atoms with E-state index in [1.54, 1.807) is 0 Å². The van der Waals surface area contributed by atoms with E-state index >= 15 is 0 Å². The first-order valence-corrected chi connectivity index (χ1v) is 38.0. The molecule has 0 rings (SSSR count). The molecule has 0 bridgehead atoms. The average molecular weight is 1200 g/mol. The van der Waals surface area contributed by atoms with Crippen LogP contribution >= 0.6 is 7.82 Å². The zero-order valence-electron chi connectivity index (χ0n) is 56.7. The Morgan fingerprint density at radius 2 is 0.726 bits per heavy atom. The van der Waals surface area contributed by atoms with Gasteiger partial charge in [-0.1, -0.05) is 327 Å². The summed E-state index contributed by atoms with van der Waals surface area (Å²) < 4.78 is 30.9. The lowest BCUT2D eigenvalue weighted by molar-refractivity contribution is -0.870. The summed E-state index contributed by atoms with van der Waals surface area (Å²) in [5.74, 6) is -0.488. The molecule has 0 saturated carbocycles. The van der Waals surface area contributed by atoms with Crippen LogP contribution in [0.1, 0.15) is 361 Å². The second-order valence-corrected chi connectivity index (χ2v) is 27.6. The highest BCUT2D eigenvalue weighted by atomic mass is 31.2. The van der Waals surface area contributed by atoms with Gasteiger partial charge >= 0.3 is 13.8 Å². The first-order chi connectivity index (χ1) is 40.9. The molecule has 0 aliphatic heterocycles. The fourth-order valence-electron chi connectivity index (χ4n) is 10.9. The average Bonchev–Trinajstić information content (AvgIpc) is 3.64. The SMILES string of the molecule is CCCCC/C=C\C/C=C\C/C=C\CCCCCCCCCCCCCCC(=O)NC(COP(=O)(O)OCC[N+](C)(C)C)C(/C=C/CCCCCCCCCCCC)OC(=O)CCCCCCCCCCCCCCCCCCCCCCC. The van der Waals surface area contributed by atoms with Crippen LogP contribution < -0.4 is 5.32 Å². The lowest BCUT2D eigenvalue weighted by Crippen LogP contribution is -2.47. The Morgan fingerprint density at radius 1 is 0.417 bits per heavy atom. The summed E-state index contributed by atoms with van der Waals surface area (Å²) in [4.78, 5) is 37.9. The van der Waals surface area contributed by atoms with Gasteiger partial charge in [0.15, 0.2) is 0 Å². The van der Waals surface area contributed by atoms with Crippen LogP contribution in [0.3, 0.4) is 0 Å². The Balaban J connectivity index is 5.02. The second kappa shape index (κ2) is 64.0. The lowest BCUT2D eigenvalue weighted by atomic mass is 10.0. The molecule has 84 heavy (non-hydrogen) atoms. The minimum absolute atomic E-state index is 0.0418. The Hall–Kier alpha value is -2.03.